The maximum absolute atomic E-state index is 14.2. The van der Waals surface area contributed by atoms with Gasteiger partial charge in [0, 0.05) is 5.56 Å². The molecule has 3 N–H and O–H groups in total. The van der Waals surface area contributed by atoms with E-state index in [1.165, 1.54) is 6.07 Å². The molecule has 3 nitrogen and oxygen atoms in total. The SMILES string of the molecule is Cc1ccc(C)c(Oc2ccc(C(=N)N)c(Br)c2F)c1. The van der Waals surface area contributed by atoms with Gasteiger partial charge in [-0.05, 0) is 59.1 Å². The number of hydrogen-bond donors (Lipinski definition) is 2. The Morgan fingerprint density at radius 1 is 1.20 bits per heavy atom. The molecule has 0 heterocycles. The summed E-state index contributed by atoms with van der Waals surface area (Å²) in [5, 5.41) is 7.37. The molecule has 0 saturated carbocycles. The molecule has 0 aliphatic carbocycles. The molecule has 0 saturated heterocycles. The van der Waals surface area contributed by atoms with Crippen LogP contribution in [0.1, 0.15) is 16.7 Å². The van der Waals surface area contributed by atoms with Crippen molar-refractivity contribution in [2.75, 3.05) is 0 Å². The predicted octanol–water partition coefficient (Wildman–Crippen LogP) is 4.28. The van der Waals surface area contributed by atoms with Crippen molar-refractivity contribution in [3.63, 3.8) is 0 Å². The van der Waals surface area contributed by atoms with Crippen molar-refractivity contribution in [2.45, 2.75) is 13.8 Å². The normalized spacial score (nSPS) is 10.4. The lowest BCUT2D eigenvalue weighted by atomic mass is 10.1. The Kier molecular flexibility index (Phi) is 4.09. The van der Waals surface area contributed by atoms with Gasteiger partial charge in [-0.25, -0.2) is 4.39 Å². The third-order valence-corrected chi connectivity index (χ3v) is 3.68. The molecule has 0 aliphatic rings. The Morgan fingerprint density at radius 3 is 2.55 bits per heavy atom. The minimum atomic E-state index is -0.571. The van der Waals surface area contributed by atoms with E-state index < -0.39 is 5.82 Å². The highest BCUT2D eigenvalue weighted by atomic mass is 79.9. The first-order valence-electron chi connectivity index (χ1n) is 5.97. The number of nitrogens with two attached hydrogens (primary N) is 1. The molecule has 0 spiro atoms. The van der Waals surface area contributed by atoms with Crippen molar-refractivity contribution < 1.29 is 9.13 Å². The number of nitrogen functional groups attached to an aromatic ring is 1. The molecule has 2 aromatic carbocycles. The van der Waals surface area contributed by atoms with E-state index in [0.29, 0.717) is 11.3 Å². The lowest BCUT2D eigenvalue weighted by Crippen LogP contribution is -2.12. The average Bonchev–Trinajstić information content (AvgIpc) is 2.39. The Balaban J connectivity index is 2.42. The molecule has 20 heavy (non-hydrogen) atoms. The van der Waals surface area contributed by atoms with Gasteiger partial charge in [0.2, 0.25) is 0 Å². The minimum Gasteiger partial charge on any atom is -0.454 e. The van der Waals surface area contributed by atoms with E-state index in [2.05, 4.69) is 15.9 Å². The summed E-state index contributed by atoms with van der Waals surface area (Å²) in [6.07, 6.45) is 0. The van der Waals surface area contributed by atoms with Crippen LogP contribution in [0.25, 0.3) is 0 Å². The predicted molar refractivity (Wildman–Crippen MR) is 81.1 cm³/mol. The van der Waals surface area contributed by atoms with Gasteiger partial charge >= 0.3 is 0 Å². The van der Waals surface area contributed by atoms with E-state index in [1.807, 2.05) is 32.0 Å². The minimum absolute atomic E-state index is 0.0931. The van der Waals surface area contributed by atoms with Gasteiger partial charge in [0.05, 0.1) is 4.47 Å². The molecule has 5 heteroatoms. The van der Waals surface area contributed by atoms with Crippen molar-refractivity contribution in [3.8, 4) is 11.5 Å². The van der Waals surface area contributed by atoms with Gasteiger partial charge < -0.3 is 10.5 Å². The topological polar surface area (TPSA) is 59.1 Å². The lowest BCUT2D eigenvalue weighted by molar-refractivity contribution is 0.437. The summed E-state index contributed by atoms with van der Waals surface area (Å²) in [4.78, 5) is 0. The molecular formula is C15H14BrFN2O. The van der Waals surface area contributed by atoms with E-state index in [9.17, 15) is 4.39 Å². The van der Waals surface area contributed by atoms with Crippen molar-refractivity contribution in [1.29, 1.82) is 5.41 Å². The molecule has 0 bridgehead atoms. The van der Waals surface area contributed by atoms with Gasteiger partial charge in [-0.2, -0.15) is 0 Å². The maximum Gasteiger partial charge on any atom is 0.180 e. The number of aryl methyl sites for hydroxylation is 2. The second-order valence-electron chi connectivity index (χ2n) is 4.52. The monoisotopic (exact) mass is 336 g/mol. The summed E-state index contributed by atoms with van der Waals surface area (Å²) in [7, 11) is 0. The largest absolute Gasteiger partial charge is 0.454 e. The molecular weight excluding hydrogens is 323 g/mol. The zero-order valence-corrected chi connectivity index (χ0v) is 12.7. The second-order valence-corrected chi connectivity index (χ2v) is 5.32. The van der Waals surface area contributed by atoms with Gasteiger partial charge in [0.25, 0.3) is 0 Å². The fourth-order valence-electron chi connectivity index (χ4n) is 1.75. The molecule has 2 rings (SSSR count). The van der Waals surface area contributed by atoms with Crippen LogP contribution >= 0.6 is 15.9 Å². The number of amidine groups is 1. The Hall–Kier alpha value is -1.88. The van der Waals surface area contributed by atoms with Gasteiger partial charge in [0.1, 0.15) is 11.6 Å². The first-order chi connectivity index (χ1) is 9.40. The molecule has 0 amide bonds. The maximum atomic E-state index is 14.2. The molecule has 2 aromatic rings. The van der Waals surface area contributed by atoms with Crippen LogP contribution in [0, 0.1) is 25.1 Å². The molecule has 0 radical (unpaired) electrons. The molecule has 0 aliphatic heterocycles. The third kappa shape index (κ3) is 2.82. The highest BCUT2D eigenvalue weighted by Gasteiger charge is 2.15. The summed E-state index contributed by atoms with van der Waals surface area (Å²) in [6.45, 7) is 3.84. The van der Waals surface area contributed by atoms with Crippen LogP contribution in [0.4, 0.5) is 4.39 Å². The second kappa shape index (κ2) is 5.63. The first-order valence-corrected chi connectivity index (χ1v) is 6.77. The highest BCUT2D eigenvalue weighted by molar-refractivity contribution is 9.10. The highest BCUT2D eigenvalue weighted by Crippen LogP contribution is 2.33. The van der Waals surface area contributed by atoms with Crippen LogP contribution in [0.2, 0.25) is 0 Å². The standard InChI is InChI=1S/C15H14BrFN2O/c1-8-3-4-9(2)12(7-8)20-11-6-5-10(15(18)19)13(16)14(11)17/h3-7H,1-2H3,(H3,18,19). The molecule has 0 atom stereocenters. The Labute approximate surface area is 125 Å². The molecule has 0 unspecified atom stereocenters. The Bertz CT molecular complexity index is 686. The summed E-state index contributed by atoms with van der Waals surface area (Å²) in [6, 6.07) is 8.75. The summed E-state index contributed by atoms with van der Waals surface area (Å²) in [5.41, 5.74) is 7.63. The number of benzene rings is 2. The fraction of sp³-hybridized carbons (Fsp3) is 0.133. The number of ether oxygens (including phenoxy) is 1. The molecule has 0 aromatic heterocycles. The van der Waals surface area contributed by atoms with E-state index in [0.717, 1.165) is 11.1 Å². The fourth-order valence-corrected chi connectivity index (χ4v) is 2.30. The number of rotatable bonds is 3. The van der Waals surface area contributed by atoms with Crippen LogP contribution in [-0.4, -0.2) is 5.84 Å². The van der Waals surface area contributed by atoms with Crippen LogP contribution in [0.15, 0.2) is 34.8 Å². The average molecular weight is 337 g/mol. The van der Waals surface area contributed by atoms with Crippen molar-refractivity contribution in [2.24, 2.45) is 5.73 Å². The number of hydrogen-bond acceptors (Lipinski definition) is 2. The van der Waals surface area contributed by atoms with Crippen molar-refractivity contribution in [1.82, 2.24) is 0 Å². The molecule has 0 fully saturated rings. The zero-order valence-electron chi connectivity index (χ0n) is 11.1. The van der Waals surface area contributed by atoms with Crippen LogP contribution in [0.3, 0.4) is 0 Å². The summed E-state index contributed by atoms with van der Waals surface area (Å²) < 4.78 is 20.0. The number of nitrogens with one attached hydrogen (secondary N) is 1. The van der Waals surface area contributed by atoms with E-state index in [1.54, 1.807) is 6.07 Å². The van der Waals surface area contributed by atoms with Crippen LogP contribution < -0.4 is 10.5 Å². The quantitative estimate of drug-likeness (QED) is 0.649. The van der Waals surface area contributed by atoms with Gasteiger partial charge in [-0.3, -0.25) is 5.41 Å². The van der Waals surface area contributed by atoms with Crippen molar-refractivity contribution >= 4 is 21.8 Å². The van der Waals surface area contributed by atoms with Gasteiger partial charge in [-0.15, -0.1) is 0 Å². The van der Waals surface area contributed by atoms with E-state index in [-0.39, 0.29) is 16.1 Å². The number of halogens is 2. The first kappa shape index (κ1) is 14.5. The Morgan fingerprint density at radius 2 is 1.90 bits per heavy atom. The summed E-state index contributed by atoms with van der Waals surface area (Å²) >= 11 is 3.10. The molecule has 104 valence electrons. The van der Waals surface area contributed by atoms with E-state index in [4.69, 9.17) is 15.9 Å². The van der Waals surface area contributed by atoms with Gasteiger partial charge in [0.15, 0.2) is 11.6 Å². The van der Waals surface area contributed by atoms with Crippen LogP contribution in [-0.2, 0) is 0 Å². The van der Waals surface area contributed by atoms with Crippen LogP contribution in [0.5, 0.6) is 11.5 Å². The van der Waals surface area contributed by atoms with Crippen molar-refractivity contribution in [3.05, 3.63) is 57.3 Å². The zero-order chi connectivity index (χ0) is 14.9. The lowest BCUT2D eigenvalue weighted by Gasteiger charge is -2.12. The smallest absolute Gasteiger partial charge is 0.180 e. The summed E-state index contributed by atoms with van der Waals surface area (Å²) in [5.74, 6) is -0.0744. The van der Waals surface area contributed by atoms with E-state index >= 15 is 0 Å². The van der Waals surface area contributed by atoms with Gasteiger partial charge in [-0.1, -0.05) is 12.1 Å². The third-order valence-electron chi connectivity index (χ3n) is 2.90.